The van der Waals surface area contributed by atoms with E-state index in [4.69, 9.17) is 20.8 Å². The first kappa shape index (κ1) is 22.4. The van der Waals surface area contributed by atoms with Crippen LogP contribution in [-0.2, 0) is 0 Å². The highest BCUT2D eigenvalue weighted by Crippen LogP contribution is 2.33. The lowest BCUT2D eigenvalue weighted by atomic mass is 9.98. The van der Waals surface area contributed by atoms with Crippen LogP contribution in [-0.4, -0.2) is 18.0 Å². The number of nitrogens with one attached hydrogen (secondary N) is 1. The molecule has 4 aromatic rings. The van der Waals surface area contributed by atoms with Gasteiger partial charge in [0.25, 0.3) is 5.91 Å². The molecule has 0 bridgehead atoms. The number of benzene rings is 3. The van der Waals surface area contributed by atoms with Crippen LogP contribution in [0.1, 0.15) is 42.1 Å². The van der Waals surface area contributed by atoms with Gasteiger partial charge >= 0.3 is 0 Å². The van der Waals surface area contributed by atoms with Gasteiger partial charge < -0.3 is 14.5 Å². The van der Waals surface area contributed by atoms with E-state index in [1.165, 1.54) is 12.7 Å². The third-order valence-electron chi connectivity index (χ3n) is 5.46. The number of nitrogens with zero attached hydrogens (tertiary/aromatic N) is 1. The van der Waals surface area contributed by atoms with E-state index < -0.39 is 0 Å². The number of hydrogen-bond acceptors (Lipinski definition) is 4. The Balaban J connectivity index is 1.66. The van der Waals surface area contributed by atoms with Crippen LogP contribution in [0.3, 0.4) is 0 Å². The monoisotopic (exact) mass is 512 g/mol. The molecule has 32 heavy (non-hydrogen) atoms. The standard InChI is InChI=1S/C25H22BrClN2O3/c1-4-14(2)15-6-9-23-21(11-15)29-25(32-23)16-5-8-19(27)20(12-16)28-24(30)18-13-17(26)7-10-22(18)31-3/h5-14H,4H2,1-3H3,(H,28,30)/t14-/m1/s1. The van der Waals surface area contributed by atoms with Crippen LogP contribution >= 0.6 is 27.5 Å². The van der Waals surface area contributed by atoms with Gasteiger partial charge in [0, 0.05) is 10.0 Å². The van der Waals surface area contributed by atoms with Crippen molar-refractivity contribution in [2.75, 3.05) is 12.4 Å². The summed E-state index contributed by atoms with van der Waals surface area (Å²) in [7, 11) is 1.52. The first-order valence-electron chi connectivity index (χ1n) is 10.2. The van der Waals surface area contributed by atoms with Gasteiger partial charge in [-0.25, -0.2) is 4.98 Å². The molecule has 0 aliphatic heterocycles. The van der Waals surface area contributed by atoms with E-state index in [1.807, 2.05) is 18.2 Å². The molecule has 3 aromatic carbocycles. The van der Waals surface area contributed by atoms with Crippen molar-refractivity contribution in [1.82, 2.24) is 4.98 Å². The van der Waals surface area contributed by atoms with E-state index in [0.29, 0.717) is 45.0 Å². The highest BCUT2D eigenvalue weighted by atomic mass is 79.9. The number of fused-ring (bicyclic) bond motifs is 1. The Morgan fingerprint density at radius 3 is 2.75 bits per heavy atom. The molecule has 5 nitrogen and oxygen atoms in total. The van der Waals surface area contributed by atoms with Gasteiger partial charge in [0.2, 0.25) is 5.89 Å². The Bertz CT molecular complexity index is 1300. The number of rotatable bonds is 6. The van der Waals surface area contributed by atoms with Crippen LogP contribution in [0.5, 0.6) is 5.75 Å². The minimum atomic E-state index is -0.335. The summed E-state index contributed by atoms with van der Waals surface area (Å²) in [5.41, 5.74) is 4.31. The molecular weight excluding hydrogens is 492 g/mol. The number of carbonyl (C=O) groups excluding carboxylic acids is 1. The third-order valence-corrected chi connectivity index (χ3v) is 6.28. The Morgan fingerprint density at radius 1 is 1.19 bits per heavy atom. The fraction of sp³-hybridized carbons (Fsp3) is 0.200. The van der Waals surface area contributed by atoms with Crippen LogP contribution in [0.2, 0.25) is 5.02 Å². The van der Waals surface area contributed by atoms with Crippen LogP contribution in [0.25, 0.3) is 22.6 Å². The van der Waals surface area contributed by atoms with E-state index in [1.54, 1.807) is 24.3 Å². The quantitative estimate of drug-likeness (QED) is 0.287. The highest BCUT2D eigenvalue weighted by molar-refractivity contribution is 9.10. The van der Waals surface area contributed by atoms with Crippen LogP contribution in [0.4, 0.5) is 5.69 Å². The summed E-state index contributed by atoms with van der Waals surface area (Å²) in [6.07, 6.45) is 1.05. The van der Waals surface area contributed by atoms with Crippen molar-refractivity contribution in [3.63, 3.8) is 0 Å². The van der Waals surface area contributed by atoms with Gasteiger partial charge in [-0.05, 0) is 66.4 Å². The maximum atomic E-state index is 12.9. The second-order valence-electron chi connectivity index (χ2n) is 7.55. The lowest BCUT2D eigenvalue weighted by Gasteiger charge is -2.11. The summed E-state index contributed by atoms with van der Waals surface area (Å²) in [6, 6.07) is 16.6. The smallest absolute Gasteiger partial charge is 0.259 e. The molecule has 0 saturated heterocycles. The predicted octanol–water partition coefficient (Wildman–Crippen LogP) is 7.69. The zero-order chi connectivity index (χ0) is 22.8. The minimum absolute atomic E-state index is 0.335. The number of hydrogen-bond donors (Lipinski definition) is 1. The molecule has 4 rings (SSSR count). The van der Waals surface area contributed by atoms with Crippen molar-refractivity contribution in [3.8, 4) is 17.2 Å². The molecule has 1 N–H and O–H groups in total. The number of carbonyl (C=O) groups is 1. The first-order chi connectivity index (χ1) is 15.4. The van der Waals surface area contributed by atoms with Crippen molar-refractivity contribution in [1.29, 1.82) is 0 Å². The molecular formula is C25H22BrClN2O3. The Morgan fingerprint density at radius 2 is 2.00 bits per heavy atom. The molecule has 1 heterocycles. The molecule has 0 aliphatic rings. The number of aromatic nitrogens is 1. The number of ether oxygens (including phenoxy) is 1. The van der Waals surface area contributed by atoms with Gasteiger partial charge in [-0.2, -0.15) is 0 Å². The van der Waals surface area contributed by atoms with Gasteiger partial charge in [-0.15, -0.1) is 0 Å². The fourth-order valence-corrected chi connectivity index (χ4v) is 3.94. The van der Waals surface area contributed by atoms with Crippen LogP contribution < -0.4 is 10.1 Å². The number of halogens is 2. The summed E-state index contributed by atoms with van der Waals surface area (Å²) >= 11 is 9.75. The van der Waals surface area contributed by atoms with Crippen molar-refractivity contribution < 1.29 is 13.9 Å². The number of oxazole rings is 1. The zero-order valence-corrected chi connectivity index (χ0v) is 20.3. The van der Waals surface area contributed by atoms with Gasteiger partial charge in [0.15, 0.2) is 5.58 Å². The van der Waals surface area contributed by atoms with E-state index in [-0.39, 0.29) is 5.91 Å². The average Bonchev–Trinajstić information content (AvgIpc) is 3.23. The normalized spacial score (nSPS) is 12.0. The van der Waals surface area contributed by atoms with Crippen LogP contribution in [0, 0.1) is 0 Å². The largest absolute Gasteiger partial charge is 0.496 e. The van der Waals surface area contributed by atoms with Crippen molar-refractivity contribution in [2.24, 2.45) is 0 Å². The maximum absolute atomic E-state index is 12.9. The van der Waals surface area contributed by atoms with Crippen molar-refractivity contribution in [3.05, 3.63) is 75.2 Å². The topological polar surface area (TPSA) is 64.4 Å². The van der Waals surface area contributed by atoms with Gasteiger partial charge in [0.05, 0.1) is 23.4 Å². The molecule has 1 atom stereocenters. The van der Waals surface area contributed by atoms with Crippen LogP contribution in [0.15, 0.2) is 63.5 Å². The Labute approximate surface area is 199 Å². The molecule has 7 heteroatoms. The molecule has 1 aromatic heterocycles. The van der Waals surface area contributed by atoms with E-state index >= 15 is 0 Å². The molecule has 0 radical (unpaired) electrons. The number of methoxy groups -OCH3 is 1. The molecule has 0 saturated carbocycles. The summed E-state index contributed by atoms with van der Waals surface area (Å²) in [6.45, 7) is 4.35. The number of amides is 1. The highest BCUT2D eigenvalue weighted by Gasteiger charge is 2.17. The maximum Gasteiger partial charge on any atom is 0.259 e. The SMILES string of the molecule is CC[C@@H](C)c1ccc2oc(-c3ccc(Cl)c(NC(=O)c4cc(Br)ccc4OC)c3)nc2c1. The lowest BCUT2D eigenvalue weighted by molar-refractivity contribution is 0.102. The second-order valence-corrected chi connectivity index (χ2v) is 8.87. The summed E-state index contributed by atoms with van der Waals surface area (Å²) < 4.78 is 12.0. The Hall–Kier alpha value is -2.83. The first-order valence-corrected chi connectivity index (χ1v) is 11.4. The van der Waals surface area contributed by atoms with Gasteiger partial charge in [-0.1, -0.05) is 47.4 Å². The number of anilines is 1. The Kier molecular flexibility index (Phi) is 6.53. The summed E-state index contributed by atoms with van der Waals surface area (Å²) in [4.78, 5) is 17.6. The second kappa shape index (κ2) is 9.35. The zero-order valence-electron chi connectivity index (χ0n) is 17.9. The minimum Gasteiger partial charge on any atom is -0.496 e. The van der Waals surface area contributed by atoms with Crippen molar-refractivity contribution in [2.45, 2.75) is 26.2 Å². The van der Waals surface area contributed by atoms with E-state index in [0.717, 1.165) is 16.4 Å². The molecule has 1 amide bonds. The summed E-state index contributed by atoms with van der Waals surface area (Å²) in [5.74, 6) is 1.05. The third kappa shape index (κ3) is 4.52. The summed E-state index contributed by atoms with van der Waals surface area (Å²) in [5, 5.41) is 3.27. The lowest BCUT2D eigenvalue weighted by Crippen LogP contribution is -2.13. The molecule has 0 fully saturated rings. The van der Waals surface area contributed by atoms with Crippen molar-refractivity contribution >= 4 is 50.2 Å². The van der Waals surface area contributed by atoms with E-state index in [2.05, 4.69) is 52.2 Å². The predicted molar refractivity (Wildman–Crippen MR) is 132 cm³/mol. The molecule has 164 valence electrons. The molecule has 0 spiro atoms. The van der Waals surface area contributed by atoms with Gasteiger partial charge in [0.1, 0.15) is 11.3 Å². The van der Waals surface area contributed by atoms with Gasteiger partial charge in [-0.3, -0.25) is 4.79 Å². The molecule has 0 unspecified atom stereocenters. The average molecular weight is 514 g/mol. The fourth-order valence-electron chi connectivity index (χ4n) is 3.41. The molecule has 0 aliphatic carbocycles. The van der Waals surface area contributed by atoms with E-state index in [9.17, 15) is 4.79 Å².